The average Bonchev–Trinajstić information content (AvgIpc) is 2.71. The Morgan fingerprint density at radius 1 is 1.55 bits per heavy atom. The first-order chi connectivity index (χ1) is 9.58. The second-order valence-electron chi connectivity index (χ2n) is 5.42. The van der Waals surface area contributed by atoms with Crippen LogP contribution in [0.25, 0.3) is 0 Å². The lowest BCUT2D eigenvalue weighted by Crippen LogP contribution is -2.45. The summed E-state index contributed by atoms with van der Waals surface area (Å²) in [5, 5.41) is 10.1. The standard InChI is InChI=1S/C13H17BClNO4/c1-13(6-17)7-18-10-3-2-8(15)11-9(4-5-16)19-14(20-13)12(10)11/h2-3,9,17H,4-7,16H2,1H3/t9-,13+/m1/s1. The van der Waals surface area contributed by atoms with Crippen LogP contribution in [0.2, 0.25) is 5.02 Å². The van der Waals surface area contributed by atoms with E-state index in [-0.39, 0.29) is 19.3 Å². The highest BCUT2D eigenvalue weighted by Gasteiger charge is 2.47. The third-order valence-electron chi connectivity index (χ3n) is 3.73. The molecule has 2 aliphatic heterocycles. The molecule has 7 heteroatoms. The summed E-state index contributed by atoms with van der Waals surface area (Å²) in [6.07, 6.45) is 0.461. The van der Waals surface area contributed by atoms with Gasteiger partial charge in [0, 0.05) is 16.0 Å². The van der Waals surface area contributed by atoms with Gasteiger partial charge in [0.25, 0.3) is 0 Å². The normalized spacial score (nSPS) is 28.0. The van der Waals surface area contributed by atoms with Crippen molar-refractivity contribution in [3.05, 3.63) is 22.7 Å². The molecule has 0 fully saturated rings. The zero-order valence-corrected chi connectivity index (χ0v) is 12.0. The molecule has 1 aromatic rings. The molecule has 0 amide bonds. The van der Waals surface area contributed by atoms with Gasteiger partial charge in [0.1, 0.15) is 18.0 Å². The predicted molar refractivity (Wildman–Crippen MR) is 76.4 cm³/mol. The summed E-state index contributed by atoms with van der Waals surface area (Å²) >= 11 is 6.30. The first-order valence-corrected chi connectivity index (χ1v) is 7.05. The maximum Gasteiger partial charge on any atom is 0.499 e. The smallest absolute Gasteiger partial charge is 0.491 e. The van der Waals surface area contributed by atoms with Crippen molar-refractivity contribution in [1.82, 2.24) is 0 Å². The summed E-state index contributed by atoms with van der Waals surface area (Å²) in [6, 6.07) is 3.61. The van der Waals surface area contributed by atoms with Crippen molar-refractivity contribution in [2.24, 2.45) is 5.73 Å². The third-order valence-corrected chi connectivity index (χ3v) is 4.06. The molecule has 0 spiro atoms. The van der Waals surface area contributed by atoms with Gasteiger partial charge in [0.15, 0.2) is 0 Å². The van der Waals surface area contributed by atoms with Crippen LogP contribution in [-0.4, -0.2) is 37.6 Å². The van der Waals surface area contributed by atoms with Crippen molar-refractivity contribution in [2.45, 2.75) is 25.0 Å². The zero-order valence-electron chi connectivity index (χ0n) is 11.3. The molecule has 108 valence electrons. The minimum Gasteiger partial charge on any atom is -0.491 e. The SMILES string of the molecule is C[C@]1(CO)COc2ccc(Cl)c3c2B(O[C@@H]3CCN)O1. The largest absolute Gasteiger partial charge is 0.499 e. The summed E-state index contributed by atoms with van der Waals surface area (Å²) in [5.74, 6) is 0.700. The topological polar surface area (TPSA) is 73.9 Å². The first kappa shape index (κ1) is 14.2. The van der Waals surface area contributed by atoms with Gasteiger partial charge in [0.2, 0.25) is 0 Å². The zero-order chi connectivity index (χ0) is 14.3. The lowest BCUT2D eigenvalue weighted by molar-refractivity contribution is -0.0272. The number of rotatable bonds is 3. The van der Waals surface area contributed by atoms with Crippen LogP contribution in [0.3, 0.4) is 0 Å². The average molecular weight is 298 g/mol. The van der Waals surface area contributed by atoms with Gasteiger partial charge in [-0.15, -0.1) is 0 Å². The Morgan fingerprint density at radius 3 is 3.05 bits per heavy atom. The molecule has 2 aliphatic rings. The van der Waals surface area contributed by atoms with Gasteiger partial charge < -0.3 is 24.9 Å². The Hall–Kier alpha value is -0.785. The van der Waals surface area contributed by atoms with Gasteiger partial charge in [-0.05, 0) is 32.0 Å². The molecular formula is C13H17BClNO4. The van der Waals surface area contributed by atoms with E-state index >= 15 is 0 Å². The maximum atomic E-state index is 9.50. The lowest BCUT2D eigenvalue weighted by atomic mass is 9.77. The highest BCUT2D eigenvalue weighted by Crippen LogP contribution is 2.38. The summed E-state index contributed by atoms with van der Waals surface area (Å²) in [7, 11) is -0.574. The van der Waals surface area contributed by atoms with Gasteiger partial charge in [-0.3, -0.25) is 0 Å². The van der Waals surface area contributed by atoms with Gasteiger partial charge in [-0.25, -0.2) is 0 Å². The van der Waals surface area contributed by atoms with E-state index in [0.717, 1.165) is 11.0 Å². The fraction of sp³-hybridized carbons (Fsp3) is 0.538. The lowest BCUT2D eigenvalue weighted by Gasteiger charge is -2.27. The molecule has 0 unspecified atom stereocenters. The van der Waals surface area contributed by atoms with E-state index in [0.29, 0.717) is 23.7 Å². The Labute approximate surface area is 123 Å². The van der Waals surface area contributed by atoms with Crippen LogP contribution in [-0.2, 0) is 9.31 Å². The first-order valence-electron chi connectivity index (χ1n) is 6.67. The van der Waals surface area contributed by atoms with Crippen LogP contribution >= 0.6 is 11.6 Å². The second kappa shape index (κ2) is 5.20. The Balaban J connectivity index is 2.05. The molecule has 0 radical (unpaired) electrons. The fourth-order valence-electron chi connectivity index (χ4n) is 2.63. The van der Waals surface area contributed by atoms with Crippen molar-refractivity contribution < 1.29 is 19.2 Å². The van der Waals surface area contributed by atoms with E-state index in [1.54, 1.807) is 13.0 Å². The molecule has 0 saturated heterocycles. The highest BCUT2D eigenvalue weighted by molar-refractivity contribution is 6.65. The van der Waals surface area contributed by atoms with Crippen molar-refractivity contribution in [2.75, 3.05) is 19.8 Å². The number of halogens is 1. The number of aliphatic hydroxyl groups excluding tert-OH is 1. The molecule has 5 nitrogen and oxygen atoms in total. The molecule has 3 N–H and O–H groups in total. The van der Waals surface area contributed by atoms with E-state index in [1.165, 1.54) is 0 Å². The number of hydrogen-bond donors (Lipinski definition) is 2. The highest BCUT2D eigenvalue weighted by atomic mass is 35.5. The number of hydrogen-bond acceptors (Lipinski definition) is 5. The van der Waals surface area contributed by atoms with Crippen LogP contribution < -0.4 is 15.9 Å². The Morgan fingerprint density at radius 2 is 2.35 bits per heavy atom. The van der Waals surface area contributed by atoms with Crippen molar-refractivity contribution in [3.8, 4) is 5.75 Å². The monoisotopic (exact) mass is 297 g/mol. The van der Waals surface area contributed by atoms with Gasteiger partial charge in [0.05, 0.1) is 12.7 Å². The van der Waals surface area contributed by atoms with E-state index < -0.39 is 12.7 Å². The number of aliphatic hydroxyl groups is 1. The van der Waals surface area contributed by atoms with Crippen LogP contribution in [0, 0.1) is 0 Å². The minimum absolute atomic E-state index is 0.147. The second-order valence-corrected chi connectivity index (χ2v) is 5.83. The van der Waals surface area contributed by atoms with Crippen LogP contribution in [0.5, 0.6) is 5.75 Å². The van der Waals surface area contributed by atoms with E-state index in [4.69, 9.17) is 31.4 Å². The molecule has 2 heterocycles. The molecule has 1 aromatic carbocycles. The summed E-state index contributed by atoms with van der Waals surface area (Å²) in [4.78, 5) is 0. The van der Waals surface area contributed by atoms with Gasteiger partial charge in [-0.1, -0.05) is 11.6 Å². The maximum absolute atomic E-state index is 9.50. The molecule has 2 atom stereocenters. The molecule has 0 saturated carbocycles. The van der Waals surface area contributed by atoms with E-state index in [9.17, 15) is 5.11 Å². The van der Waals surface area contributed by atoms with E-state index in [2.05, 4.69) is 0 Å². The van der Waals surface area contributed by atoms with Gasteiger partial charge >= 0.3 is 7.12 Å². The summed E-state index contributed by atoms with van der Waals surface area (Å²) < 4.78 is 17.6. The molecule has 0 bridgehead atoms. The van der Waals surface area contributed by atoms with Crippen LogP contribution in [0.15, 0.2) is 12.1 Å². The van der Waals surface area contributed by atoms with Crippen molar-refractivity contribution >= 4 is 24.2 Å². The molecule has 0 aromatic heterocycles. The van der Waals surface area contributed by atoms with Crippen LogP contribution in [0.4, 0.5) is 0 Å². The third kappa shape index (κ3) is 2.21. The number of benzene rings is 1. The molecule has 3 rings (SSSR count). The summed E-state index contributed by atoms with van der Waals surface area (Å²) in [5.41, 5.74) is 6.55. The Bertz CT molecular complexity index is 529. The summed E-state index contributed by atoms with van der Waals surface area (Å²) in [6.45, 7) is 2.40. The predicted octanol–water partition coefficient (Wildman–Crippen LogP) is 0.615. The Kier molecular flexibility index (Phi) is 3.68. The van der Waals surface area contributed by atoms with Crippen molar-refractivity contribution in [1.29, 1.82) is 0 Å². The molecule has 0 aliphatic carbocycles. The van der Waals surface area contributed by atoms with Crippen LogP contribution in [0.1, 0.15) is 25.0 Å². The fourth-order valence-corrected chi connectivity index (χ4v) is 2.91. The minimum atomic E-state index is -0.801. The molecule has 20 heavy (non-hydrogen) atoms. The molecular weight excluding hydrogens is 280 g/mol. The van der Waals surface area contributed by atoms with Gasteiger partial charge in [-0.2, -0.15) is 0 Å². The quantitative estimate of drug-likeness (QED) is 0.800. The van der Waals surface area contributed by atoms with E-state index in [1.807, 2.05) is 6.07 Å². The van der Waals surface area contributed by atoms with Crippen molar-refractivity contribution in [3.63, 3.8) is 0 Å². The number of nitrogens with two attached hydrogens (primary N) is 1. The number of ether oxygens (including phenoxy) is 1.